The predicted octanol–water partition coefficient (Wildman–Crippen LogP) is 2.94. The molecule has 110 valence electrons. The molecule has 2 rings (SSSR count). The summed E-state index contributed by atoms with van der Waals surface area (Å²) in [6.07, 6.45) is 1.59. The van der Waals surface area contributed by atoms with Crippen molar-refractivity contribution in [2.75, 3.05) is 30.0 Å². The third kappa shape index (κ3) is 3.25. The summed E-state index contributed by atoms with van der Waals surface area (Å²) < 4.78 is 0. The van der Waals surface area contributed by atoms with E-state index in [0.29, 0.717) is 16.9 Å². The Morgan fingerprint density at radius 1 is 1.33 bits per heavy atom. The van der Waals surface area contributed by atoms with Crippen LogP contribution < -0.4 is 16.0 Å². The van der Waals surface area contributed by atoms with Gasteiger partial charge in [0.05, 0.1) is 17.1 Å². The number of hydrogen-bond acceptors (Lipinski definition) is 4. The molecule has 0 fully saturated rings. The Kier molecular flexibility index (Phi) is 4.33. The number of carbonyl (C=O) groups excluding carboxylic acids is 1. The highest BCUT2D eigenvalue weighted by Crippen LogP contribution is 2.25. The first-order valence-electron chi connectivity index (χ1n) is 6.39. The standard InChI is InChI=1S/C15H17ClN4O/c1-9-6-7-18-14(16)13(9)19-15(21)10-4-5-12(20(2)3)11(17)8-10/h4-8H,17H2,1-3H3,(H,19,21). The van der Waals surface area contributed by atoms with Crippen LogP contribution in [0.4, 0.5) is 17.1 Å². The number of hydrogen-bond donors (Lipinski definition) is 2. The largest absolute Gasteiger partial charge is 0.397 e. The van der Waals surface area contributed by atoms with E-state index in [1.54, 1.807) is 24.4 Å². The lowest BCUT2D eigenvalue weighted by Gasteiger charge is -2.16. The maximum atomic E-state index is 12.3. The zero-order valence-electron chi connectivity index (χ0n) is 12.1. The van der Waals surface area contributed by atoms with E-state index in [1.165, 1.54) is 0 Å². The van der Waals surface area contributed by atoms with E-state index in [2.05, 4.69) is 10.3 Å². The quantitative estimate of drug-likeness (QED) is 0.675. The van der Waals surface area contributed by atoms with Gasteiger partial charge < -0.3 is 16.0 Å². The number of aryl methyl sites for hydroxylation is 1. The molecule has 0 atom stereocenters. The van der Waals surface area contributed by atoms with E-state index < -0.39 is 0 Å². The minimum Gasteiger partial charge on any atom is -0.397 e. The molecule has 0 aliphatic heterocycles. The van der Waals surface area contributed by atoms with Crippen LogP contribution in [0.15, 0.2) is 30.5 Å². The summed E-state index contributed by atoms with van der Waals surface area (Å²) in [6.45, 7) is 1.85. The van der Waals surface area contributed by atoms with E-state index in [9.17, 15) is 4.79 Å². The van der Waals surface area contributed by atoms with Crippen LogP contribution in [0, 0.1) is 6.92 Å². The van der Waals surface area contributed by atoms with E-state index >= 15 is 0 Å². The van der Waals surface area contributed by atoms with Gasteiger partial charge in [-0.05, 0) is 36.8 Å². The van der Waals surface area contributed by atoms with Crippen molar-refractivity contribution < 1.29 is 4.79 Å². The number of nitrogens with two attached hydrogens (primary N) is 1. The number of aromatic nitrogens is 1. The lowest BCUT2D eigenvalue weighted by Crippen LogP contribution is -2.15. The monoisotopic (exact) mass is 304 g/mol. The zero-order chi connectivity index (χ0) is 15.6. The summed E-state index contributed by atoms with van der Waals surface area (Å²) in [5.74, 6) is -0.273. The van der Waals surface area contributed by atoms with Gasteiger partial charge in [0.1, 0.15) is 0 Å². The molecule has 2 aromatic rings. The van der Waals surface area contributed by atoms with Gasteiger partial charge in [-0.25, -0.2) is 4.98 Å². The Labute approximate surface area is 128 Å². The third-order valence-electron chi connectivity index (χ3n) is 3.12. The van der Waals surface area contributed by atoms with E-state index in [4.69, 9.17) is 17.3 Å². The van der Waals surface area contributed by atoms with Crippen molar-refractivity contribution >= 4 is 34.6 Å². The Morgan fingerprint density at radius 3 is 2.62 bits per heavy atom. The highest BCUT2D eigenvalue weighted by molar-refractivity contribution is 6.32. The molecule has 1 amide bonds. The average molecular weight is 305 g/mol. The second kappa shape index (κ2) is 6.01. The van der Waals surface area contributed by atoms with Crippen LogP contribution in [0.25, 0.3) is 0 Å². The number of nitrogens with one attached hydrogen (secondary N) is 1. The molecule has 0 unspecified atom stereocenters. The van der Waals surface area contributed by atoms with Crippen molar-refractivity contribution in [3.63, 3.8) is 0 Å². The summed E-state index contributed by atoms with van der Waals surface area (Å²) >= 11 is 6.00. The van der Waals surface area contributed by atoms with Crippen molar-refractivity contribution in [2.45, 2.75) is 6.92 Å². The molecule has 0 aliphatic carbocycles. The molecule has 0 aliphatic rings. The number of nitrogens with zero attached hydrogens (tertiary/aromatic N) is 2. The summed E-state index contributed by atoms with van der Waals surface area (Å²) in [4.78, 5) is 18.1. The number of carbonyl (C=O) groups is 1. The molecule has 3 N–H and O–H groups in total. The topological polar surface area (TPSA) is 71.2 Å². The van der Waals surface area contributed by atoms with E-state index in [0.717, 1.165) is 11.3 Å². The number of halogens is 1. The molecule has 0 spiro atoms. The SMILES string of the molecule is Cc1ccnc(Cl)c1NC(=O)c1ccc(N(C)C)c(N)c1. The molecule has 5 nitrogen and oxygen atoms in total. The number of nitrogen functional groups attached to an aromatic ring is 1. The van der Waals surface area contributed by atoms with E-state index in [1.807, 2.05) is 32.0 Å². The van der Waals surface area contributed by atoms with Gasteiger partial charge in [-0.3, -0.25) is 4.79 Å². The van der Waals surface area contributed by atoms with Gasteiger partial charge in [0, 0.05) is 25.9 Å². The van der Waals surface area contributed by atoms with Crippen LogP contribution in [0.2, 0.25) is 5.15 Å². The second-order valence-electron chi connectivity index (χ2n) is 4.92. The molecule has 1 aromatic heterocycles. The van der Waals surface area contributed by atoms with Crippen molar-refractivity contribution in [1.29, 1.82) is 0 Å². The fourth-order valence-corrected chi connectivity index (χ4v) is 2.22. The molecule has 0 saturated heterocycles. The first-order valence-corrected chi connectivity index (χ1v) is 6.77. The summed E-state index contributed by atoms with van der Waals surface area (Å²) in [5, 5.41) is 3.03. The zero-order valence-corrected chi connectivity index (χ0v) is 12.9. The maximum Gasteiger partial charge on any atom is 0.255 e. The summed E-state index contributed by atoms with van der Waals surface area (Å²) in [7, 11) is 3.79. The lowest BCUT2D eigenvalue weighted by atomic mass is 10.1. The number of rotatable bonds is 3. The highest BCUT2D eigenvalue weighted by atomic mass is 35.5. The van der Waals surface area contributed by atoms with Crippen LogP contribution in [0.1, 0.15) is 15.9 Å². The number of pyridine rings is 1. The van der Waals surface area contributed by atoms with Crippen molar-refractivity contribution in [2.24, 2.45) is 0 Å². The normalized spacial score (nSPS) is 10.3. The fraction of sp³-hybridized carbons (Fsp3) is 0.200. The minimum atomic E-state index is -0.273. The molecule has 0 bridgehead atoms. The van der Waals surface area contributed by atoms with Gasteiger partial charge in [0.25, 0.3) is 5.91 Å². The molecule has 6 heteroatoms. The first kappa shape index (κ1) is 15.1. The van der Waals surface area contributed by atoms with Gasteiger partial charge in [-0.15, -0.1) is 0 Å². The lowest BCUT2D eigenvalue weighted by molar-refractivity contribution is 0.102. The van der Waals surface area contributed by atoms with Crippen LogP contribution in [0.5, 0.6) is 0 Å². The maximum absolute atomic E-state index is 12.3. The smallest absolute Gasteiger partial charge is 0.255 e. The molecule has 21 heavy (non-hydrogen) atoms. The van der Waals surface area contributed by atoms with Gasteiger partial charge in [-0.1, -0.05) is 11.6 Å². The summed E-state index contributed by atoms with van der Waals surface area (Å²) in [5.41, 5.74) is 9.19. The number of amides is 1. The number of benzene rings is 1. The molecule has 1 aromatic carbocycles. The molecule has 0 radical (unpaired) electrons. The Balaban J connectivity index is 2.27. The van der Waals surface area contributed by atoms with E-state index in [-0.39, 0.29) is 11.1 Å². The van der Waals surface area contributed by atoms with Gasteiger partial charge in [0.15, 0.2) is 5.15 Å². The number of anilines is 3. The minimum absolute atomic E-state index is 0.265. The molecule has 0 saturated carbocycles. The fourth-order valence-electron chi connectivity index (χ4n) is 1.96. The highest BCUT2D eigenvalue weighted by Gasteiger charge is 2.13. The average Bonchev–Trinajstić information content (AvgIpc) is 2.42. The van der Waals surface area contributed by atoms with Crippen molar-refractivity contribution in [3.05, 3.63) is 46.7 Å². The first-order chi connectivity index (χ1) is 9.90. The van der Waals surface area contributed by atoms with Crippen LogP contribution >= 0.6 is 11.6 Å². The molecular weight excluding hydrogens is 288 g/mol. The second-order valence-corrected chi connectivity index (χ2v) is 5.27. The molecule has 1 heterocycles. The van der Waals surface area contributed by atoms with Gasteiger partial charge >= 0.3 is 0 Å². The Bertz CT molecular complexity index is 665. The van der Waals surface area contributed by atoms with Crippen LogP contribution in [0.3, 0.4) is 0 Å². The van der Waals surface area contributed by atoms with Gasteiger partial charge in [-0.2, -0.15) is 0 Å². The van der Waals surface area contributed by atoms with Gasteiger partial charge in [0.2, 0.25) is 0 Å². The van der Waals surface area contributed by atoms with Crippen molar-refractivity contribution in [1.82, 2.24) is 4.98 Å². The third-order valence-corrected chi connectivity index (χ3v) is 3.41. The van der Waals surface area contributed by atoms with Crippen LogP contribution in [-0.4, -0.2) is 25.0 Å². The van der Waals surface area contributed by atoms with Crippen molar-refractivity contribution in [3.8, 4) is 0 Å². The predicted molar refractivity (Wildman–Crippen MR) is 87.1 cm³/mol. The molecular formula is C15H17ClN4O. The Morgan fingerprint density at radius 2 is 2.05 bits per heavy atom. The van der Waals surface area contributed by atoms with Crippen LogP contribution in [-0.2, 0) is 0 Å². The summed E-state index contributed by atoms with van der Waals surface area (Å²) in [6, 6.07) is 6.96. The Hall–Kier alpha value is -2.27.